The SMILES string of the molecule is O=[N+]([O-])c1cc(Br)cc(CNCCC2CCCO2)c1. The first kappa shape index (κ1) is 14.4. The highest BCUT2D eigenvalue weighted by molar-refractivity contribution is 9.10. The van der Waals surface area contributed by atoms with Crippen LogP contribution in [-0.2, 0) is 11.3 Å². The Hall–Kier alpha value is -0.980. The van der Waals surface area contributed by atoms with Crippen LogP contribution in [0.1, 0.15) is 24.8 Å². The Kier molecular flexibility index (Phi) is 5.30. The van der Waals surface area contributed by atoms with Crippen molar-refractivity contribution in [2.45, 2.75) is 31.9 Å². The first-order valence-corrected chi connectivity index (χ1v) is 7.20. The third-order valence-electron chi connectivity index (χ3n) is 3.15. The second kappa shape index (κ2) is 6.98. The summed E-state index contributed by atoms with van der Waals surface area (Å²) in [6.07, 6.45) is 3.67. The molecule has 0 radical (unpaired) electrons. The molecule has 1 unspecified atom stereocenters. The van der Waals surface area contributed by atoms with E-state index in [2.05, 4.69) is 21.2 Å². The molecule has 1 aromatic rings. The summed E-state index contributed by atoms with van der Waals surface area (Å²) in [5.41, 5.74) is 1.03. The van der Waals surface area contributed by atoms with Crippen molar-refractivity contribution in [1.82, 2.24) is 5.32 Å². The number of non-ortho nitro benzene ring substituents is 1. The number of hydrogen-bond donors (Lipinski definition) is 1. The zero-order valence-corrected chi connectivity index (χ0v) is 12.2. The van der Waals surface area contributed by atoms with E-state index in [-0.39, 0.29) is 10.6 Å². The van der Waals surface area contributed by atoms with Gasteiger partial charge >= 0.3 is 0 Å². The molecule has 1 aliphatic heterocycles. The van der Waals surface area contributed by atoms with E-state index < -0.39 is 0 Å². The molecule has 0 amide bonds. The molecule has 0 aromatic heterocycles. The zero-order chi connectivity index (χ0) is 13.7. The van der Waals surface area contributed by atoms with Gasteiger partial charge < -0.3 is 10.1 Å². The first-order chi connectivity index (χ1) is 9.15. The minimum absolute atomic E-state index is 0.116. The fourth-order valence-corrected chi connectivity index (χ4v) is 2.74. The van der Waals surface area contributed by atoms with Gasteiger partial charge in [-0.05, 0) is 37.4 Å². The fraction of sp³-hybridized carbons (Fsp3) is 0.538. The van der Waals surface area contributed by atoms with Gasteiger partial charge in [-0.1, -0.05) is 15.9 Å². The van der Waals surface area contributed by atoms with E-state index >= 15 is 0 Å². The van der Waals surface area contributed by atoms with E-state index in [9.17, 15) is 10.1 Å². The van der Waals surface area contributed by atoms with Crippen LogP contribution >= 0.6 is 15.9 Å². The monoisotopic (exact) mass is 328 g/mol. The number of nitro benzene ring substituents is 1. The van der Waals surface area contributed by atoms with Crippen LogP contribution in [0.4, 0.5) is 5.69 Å². The topological polar surface area (TPSA) is 64.4 Å². The van der Waals surface area contributed by atoms with E-state index in [1.165, 1.54) is 6.07 Å². The van der Waals surface area contributed by atoms with E-state index in [1.54, 1.807) is 6.07 Å². The molecule has 0 bridgehead atoms. The highest BCUT2D eigenvalue weighted by atomic mass is 79.9. The zero-order valence-electron chi connectivity index (χ0n) is 10.6. The van der Waals surface area contributed by atoms with Crippen LogP contribution in [0.5, 0.6) is 0 Å². The van der Waals surface area contributed by atoms with Crippen molar-refractivity contribution in [2.75, 3.05) is 13.2 Å². The largest absolute Gasteiger partial charge is 0.378 e. The minimum atomic E-state index is -0.374. The Bertz CT molecular complexity index is 448. The van der Waals surface area contributed by atoms with E-state index in [4.69, 9.17) is 4.74 Å². The molecule has 0 aliphatic carbocycles. The maximum atomic E-state index is 10.8. The first-order valence-electron chi connectivity index (χ1n) is 6.41. The Morgan fingerprint density at radius 3 is 3.00 bits per heavy atom. The summed E-state index contributed by atoms with van der Waals surface area (Å²) in [4.78, 5) is 10.4. The van der Waals surface area contributed by atoms with Crippen LogP contribution < -0.4 is 5.32 Å². The van der Waals surface area contributed by atoms with Crippen LogP contribution in [0.25, 0.3) is 0 Å². The highest BCUT2D eigenvalue weighted by Crippen LogP contribution is 2.21. The summed E-state index contributed by atoms with van der Waals surface area (Å²) >= 11 is 3.29. The normalized spacial score (nSPS) is 18.7. The molecule has 104 valence electrons. The van der Waals surface area contributed by atoms with Gasteiger partial charge in [0.25, 0.3) is 5.69 Å². The van der Waals surface area contributed by atoms with Crippen LogP contribution in [-0.4, -0.2) is 24.2 Å². The highest BCUT2D eigenvalue weighted by Gasteiger charge is 2.14. The molecule has 6 heteroatoms. The van der Waals surface area contributed by atoms with Gasteiger partial charge in [0.05, 0.1) is 11.0 Å². The smallest absolute Gasteiger partial charge is 0.270 e. The molecule has 19 heavy (non-hydrogen) atoms. The Morgan fingerprint density at radius 2 is 2.32 bits per heavy atom. The summed E-state index contributed by atoms with van der Waals surface area (Å²) in [7, 11) is 0. The summed E-state index contributed by atoms with van der Waals surface area (Å²) in [6, 6.07) is 5.01. The number of nitro groups is 1. The van der Waals surface area contributed by atoms with Gasteiger partial charge in [-0.25, -0.2) is 0 Å². The van der Waals surface area contributed by atoms with Gasteiger partial charge in [-0.3, -0.25) is 10.1 Å². The summed E-state index contributed by atoms with van der Waals surface area (Å²) < 4.78 is 6.27. The molecule has 5 nitrogen and oxygen atoms in total. The number of ether oxygens (including phenoxy) is 1. The molecule has 0 saturated carbocycles. The van der Waals surface area contributed by atoms with Crippen molar-refractivity contribution < 1.29 is 9.66 Å². The second-order valence-electron chi connectivity index (χ2n) is 4.68. The Morgan fingerprint density at radius 1 is 1.47 bits per heavy atom. The predicted octanol–water partition coefficient (Wildman–Crippen LogP) is 3.02. The number of nitrogens with one attached hydrogen (secondary N) is 1. The Labute approximate surface area is 120 Å². The van der Waals surface area contributed by atoms with Gasteiger partial charge in [0.15, 0.2) is 0 Å². The van der Waals surface area contributed by atoms with E-state index in [1.807, 2.05) is 6.07 Å². The fourth-order valence-electron chi connectivity index (χ4n) is 2.21. The molecule has 1 N–H and O–H groups in total. The molecule has 1 fully saturated rings. The lowest BCUT2D eigenvalue weighted by molar-refractivity contribution is -0.385. The lowest BCUT2D eigenvalue weighted by Crippen LogP contribution is -2.19. The van der Waals surface area contributed by atoms with Gasteiger partial charge in [0, 0.05) is 29.8 Å². The standard InChI is InChI=1S/C13H17BrN2O3/c14-11-6-10(7-12(8-11)16(17)18)9-15-4-3-13-2-1-5-19-13/h6-8,13,15H,1-5,9H2. The molecule has 1 aromatic carbocycles. The van der Waals surface area contributed by atoms with Crippen LogP contribution in [0.2, 0.25) is 0 Å². The van der Waals surface area contributed by atoms with Crippen LogP contribution in [0.15, 0.2) is 22.7 Å². The maximum absolute atomic E-state index is 10.8. The van der Waals surface area contributed by atoms with E-state index in [0.717, 1.165) is 42.5 Å². The summed E-state index contributed by atoms with van der Waals surface area (Å²) in [5, 5.41) is 14.1. The number of halogens is 1. The van der Waals surface area contributed by atoms with Crippen molar-refractivity contribution in [3.63, 3.8) is 0 Å². The number of nitrogens with zero attached hydrogens (tertiary/aromatic N) is 1. The third kappa shape index (κ3) is 4.56. The van der Waals surface area contributed by atoms with Crippen LogP contribution in [0, 0.1) is 10.1 Å². The lowest BCUT2D eigenvalue weighted by atomic mass is 10.1. The summed E-state index contributed by atoms with van der Waals surface area (Å²) in [6.45, 7) is 2.38. The summed E-state index contributed by atoms with van der Waals surface area (Å²) in [5.74, 6) is 0. The average Bonchev–Trinajstić information content (AvgIpc) is 2.87. The minimum Gasteiger partial charge on any atom is -0.378 e. The van der Waals surface area contributed by atoms with Crippen molar-refractivity contribution in [1.29, 1.82) is 0 Å². The van der Waals surface area contributed by atoms with Gasteiger partial charge in [-0.2, -0.15) is 0 Å². The number of rotatable bonds is 6. The molecular weight excluding hydrogens is 312 g/mol. The average molecular weight is 329 g/mol. The number of hydrogen-bond acceptors (Lipinski definition) is 4. The quantitative estimate of drug-likeness (QED) is 0.495. The van der Waals surface area contributed by atoms with Gasteiger partial charge in [0.1, 0.15) is 0 Å². The molecule has 2 rings (SSSR count). The molecule has 1 aliphatic rings. The van der Waals surface area contributed by atoms with Gasteiger partial charge in [0.2, 0.25) is 0 Å². The van der Waals surface area contributed by atoms with Crippen molar-refractivity contribution >= 4 is 21.6 Å². The van der Waals surface area contributed by atoms with Crippen molar-refractivity contribution in [3.8, 4) is 0 Å². The molecule has 1 heterocycles. The number of benzene rings is 1. The molecule has 0 spiro atoms. The molecule has 1 saturated heterocycles. The molecule has 1 atom stereocenters. The van der Waals surface area contributed by atoms with E-state index in [0.29, 0.717) is 12.6 Å². The van der Waals surface area contributed by atoms with Crippen molar-refractivity contribution in [3.05, 3.63) is 38.3 Å². The predicted molar refractivity (Wildman–Crippen MR) is 76.1 cm³/mol. The van der Waals surface area contributed by atoms with Crippen molar-refractivity contribution in [2.24, 2.45) is 0 Å². The van der Waals surface area contributed by atoms with Gasteiger partial charge in [-0.15, -0.1) is 0 Å². The van der Waals surface area contributed by atoms with Crippen LogP contribution in [0.3, 0.4) is 0 Å². The maximum Gasteiger partial charge on any atom is 0.270 e. The second-order valence-corrected chi connectivity index (χ2v) is 5.59. The lowest BCUT2D eigenvalue weighted by Gasteiger charge is -2.10. The molecular formula is C13H17BrN2O3. The Balaban J connectivity index is 1.80. The third-order valence-corrected chi connectivity index (χ3v) is 3.61.